The van der Waals surface area contributed by atoms with Crippen LogP contribution in [0, 0.1) is 12.8 Å². The van der Waals surface area contributed by atoms with E-state index in [2.05, 4.69) is 5.32 Å². The number of ether oxygens (including phenoxy) is 2. The average Bonchev–Trinajstić information content (AvgIpc) is 3.36. The summed E-state index contributed by atoms with van der Waals surface area (Å²) in [4.78, 5) is 27.7. The van der Waals surface area contributed by atoms with Gasteiger partial charge in [0.15, 0.2) is 0 Å². The van der Waals surface area contributed by atoms with E-state index in [0.717, 1.165) is 65.5 Å². The van der Waals surface area contributed by atoms with Crippen LogP contribution in [0.5, 0.6) is 5.75 Å². The zero-order chi connectivity index (χ0) is 26.6. The third-order valence-electron chi connectivity index (χ3n) is 7.48. The van der Waals surface area contributed by atoms with Crippen molar-refractivity contribution in [3.05, 3.63) is 71.4 Å². The molecule has 0 aliphatic carbocycles. The van der Waals surface area contributed by atoms with Gasteiger partial charge in [0.2, 0.25) is 0 Å². The molecule has 2 amide bonds. The predicted octanol–water partition coefficient (Wildman–Crippen LogP) is 4.44. The van der Waals surface area contributed by atoms with Gasteiger partial charge in [-0.3, -0.25) is 14.3 Å². The van der Waals surface area contributed by atoms with Gasteiger partial charge >= 0.3 is 0 Å². The van der Waals surface area contributed by atoms with E-state index in [0.29, 0.717) is 30.2 Å². The van der Waals surface area contributed by atoms with Gasteiger partial charge in [-0.15, -0.1) is 0 Å². The highest BCUT2D eigenvalue weighted by Gasteiger charge is 2.24. The summed E-state index contributed by atoms with van der Waals surface area (Å²) in [7, 11) is 3.26. The molecule has 1 aliphatic heterocycles. The molecule has 1 N–H and O–H groups in total. The molecule has 0 saturated carbocycles. The highest BCUT2D eigenvalue weighted by molar-refractivity contribution is 6.00. The molecule has 5 rings (SSSR count). The van der Waals surface area contributed by atoms with Crippen molar-refractivity contribution < 1.29 is 19.1 Å². The number of rotatable bonds is 8. The van der Waals surface area contributed by atoms with Crippen molar-refractivity contribution in [2.75, 3.05) is 40.5 Å². The van der Waals surface area contributed by atoms with Gasteiger partial charge in [0.25, 0.3) is 11.8 Å². The number of benzene rings is 3. The molecule has 4 aromatic rings. The molecular weight excluding hydrogens is 480 g/mol. The van der Waals surface area contributed by atoms with E-state index < -0.39 is 0 Å². The van der Waals surface area contributed by atoms with Crippen LogP contribution in [0.15, 0.2) is 54.7 Å². The number of nitrogens with one attached hydrogen (secondary N) is 1. The maximum Gasteiger partial charge on any atom is 0.253 e. The number of amides is 2. The molecule has 0 radical (unpaired) electrons. The molecule has 1 aromatic heterocycles. The molecule has 0 unspecified atom stereocenters. The van der Waals surface area contributed by atoms with Crippen LogP contribution in [-0.4, -0.2) is 67.0 Å². The first-order valence-corrected chi connectivity index (χ1v) is 13.1. The van der Waals surface area contributed by atoms with Gasteiger partial charge in [0.1, 0.15) is 5.75 Å². The molecular formula is C30H34N4O4. The topological polar surface area (TPSA) is 85.7 Å². The van der Waals surface area contributed by atoms with E-state index in [1.54, 1.807) is 14.2 Å². The molecule has 1 aliphatic rings. The number of methoxy groups -OCH3 is 2. The van der Waals surface area contributed by atoms with Gasteiger partial charge in [-0.2, -0.15) is 5.10 Å². The third kappa shape index (κ3) is 5.36. The lowest BCUT2D eigenvalue weighted by molar-refractivity contribution is 0.0681. The highest BCUT2D eigenvalue weighted by Crippen LogP contribution is 2.26. The Kier molecular flexibility index (Phi) is 7.60. The average molecular weight is 515 g/mol. The number of likely N-dealkylation sites (tertiary alicyclic amines) is 1. The fraction of sp³-hybridized carbons (Fsp3) is 0.367. The predicted molar refractivity (Wildman–Crippen MR) is 148 cm³/mol. The van der Waals surface area contributed by atoms with E-state index in [-0.39, 0.29) is 11.8 Å². The quantitative estimate of drug-likeness (QED) is 0.352. The molecule has 3 aromatic carbocycles. The number of nitrogens with zero attached hydrogens (tertiary/aromatic N) is 3. The molecule has 1 fully saturated rings. The number of aromatic nitrogens is 2. The lowest BCUT2D eigenvalue weighted by atomic mass is 9.96. The van der Waals surface area contributed by atoms with Crippen molar-refractivity contribution in [1.82, 2.24) is 20.0 Å². The van der Waals surface area contributed by atoms with Crippen molar-refractivity contribution in [3.8, 4) is 5.75 Å². The molecule has 0 spiro atoms. The zero-order valence-electron chi connectivity index (χ0n) is 22.2. The van der Waals surface area contributed by atoms with Crippen LogP contribution in [0.4, 0.5) is 0 Å². The summed E-state index contributed by atoms with van der Waals surface area (Å²) in [6.07, 6.45) is 3.89. The minimum absolute atomic E-state index is 0.0740. The van der Waals surface area contributed by atoms with Crippen LogP contribution < -0.4 is 10.1 Å². The van der Waals surface area contributed by atoms with Crippen molar-refractivity contribution in [1.29, 1.82) is 0 Å². The van der Waals surface area contributed by atoms with E-state index in [1.165, 1.54) is 0 Å². The molecule has 38 heavy (non-hydrogen) atoms. The summed E-state index contributed by atoms with van der Waals surface area (Å²) < 4.78 is 12.3. The fourth-order valence-corrected chi connectivity index (χ4v) is 5.23. The van der Waals surface area contributed by atoms with Crippen molar-refractivity contribution in [3.63, 3.8) is 0 Å². The smallest absolute Gasteiger partial charge is 0.253 e. The second kappa shape index (κ2) is 11.2. The highest BCUT2D eigenvalue weighted by atomic mass is 16.5. The Morgan fingerprint density at radius 3 is 2.58 bits per heavy atom. The molecule has 8 heteroatoms. The second-order valence-corrected chi connectivity index (χ2v) is 9.93. The first-order valence-electron chi connectivity index (χ1n) is 13.1. The summed E-state index contributed by atoms with van der Waals surface area (Å²) in [5, 5.41) is 10.7. The van der Waals surface area contributed by atoms with E-state index in [9.17, 15) is 9.59 Å². The summed E-state index contributed by atoms with van der Waals surface area (Å²) >= 11 is 0. The van der Waals surface area contributed by atoms with Gasteiger partial charge in [-0.05, 0) is 78.4 Å². The zero-order valence-corrected chi connectivity index (χ0v) is 22.2. The number of aryl methyl sites for hydroxylation is 1. The Morgan fingerprint density at radius 1 is 1.03 bits per heavy atom. The number of hydrogen-bond donors (Lipinski definition) is 1. The fourth-order valence-electron chi connectivity index (χ4n) is 5.23. The van der Waals surface area contributed by atoms with Crippen LogP contribution in [0.2, 0.25) is 0 Å². The van der Waals surface area contributed by atoms with Gasteiger partial charge in [-0.25, -0.2) is 0 Å². The number of piperidine rings is 1. The Balaban J connectivity index is 1.21. The molecule has 198 valence electrons. The van der Waals surface area contributed by atoms with Crippen molar-refractivity contribution in [2.45, 2.75) is 26.3 Å². The summed E-state index contributed by atoms with van der Waals surface area (Å²) in [5.74, 6) is 1.19. The van der Waals surface area contributed by atoms with Gasteiger partial charge < -0.3 is 19.7 Å². The number of carbonyl (C=O) groups excluding carboxylic acids is 2. The third-order valence-corrected chi connectivity index (χ3v) is 7.48. The largest absolute Gasteiger partial charge is 0.497 e. The SMILES string of the molecule is COCCNC(=O)c1ccc2nn(CC3CCN(C(=O)c4ccc5ccc(OC)cc5c4)CC3)cc2c1C. The van der Waals surface area contributed by atoms with Gasteiger partial charge in [-0.1, -0.05) is 12.1 Å². The molecule has 1 saturated heterocycles. The minimum atomic E-state index is -0.100. The van der Waals surface area contributed by atoms with Crippen LogP contribution in [-0.2, 0) is 11.3 Å². The molecule has 2 heterocycles. The summed E-state index contributed by atoms with van der Waals surface area (Å²) in [6, 6.07) is 15.5. The minimum Gasteiger partial charge on any atom is -0.497 e. The van der Waals surface area contributed by atoms with E-state index in [4.69, 9.17) is 14.6 Å². The summed E-state index contributed by atoms with van der Waals surface area (Å²) in [5.41, 5.74) is 3.18. The Bertz CT molecular complexity index is 1470. The standard InChI is InChI=1S/C30H34N4O4/c1-20-26(29(35)31-12-15-37-2)8-9-28-27(20)19-34(32-28)18-21-10-13-33(14-11-21)30(36)23-5-4-22-6-7-25(38-3)17-24(22)16-23/h4-9,16-17,19,21H,10-15,18H2,1-3H3,(H,31,35). The molecule has 0 bridgehead atoms. The normalized spacial score (nSPS) is 14.2. The van der Waals surface area contributed by atoms with Crippen LogP contribution in [0.3, 0.4) is 0 Å². The van der Waals surface area contributed by atoms with Crippen molar-refractivity contribution >= 4 is 33.5 Å². The van der Waals surface area contributed by atoms with Crippen molar-refractivity contribution in [2.24, 2.45) is 5.92 Å². The molecule has 8 nitrogen and oxygen atoms in total. The second-order valence-electron chi connectivity index (χ2n) is 9.93. The first kappa shape index (κ1) is 25.7. The molecule has 0 atom stereocenters. The Morgan fingerprint density at radius 2 is 1.82 bits per heavy atom. The maximum absolute atomic E-state index is 13.2. The monoisotopic (exact) mass is 514 g/mol. The number of fused-ring (bicyclic) bond motifs is 2. The number of carbonyl (C=O) groups is 2. The first-order chi connectivity index (χ1) is 18.5. The Hall–Kier alpha value is -3.91. The van der Waals surface area contributed by atoms with Gasteiger partial charge in [0, 0.05) is 56.0 Å². The van der Waals surface area contributed by atoms with Gasteiger partial charge in [0.05, 0.1) is 19.2 Å². The lowest BCUT2D eigenvalue weighted by Crippen LogP contribution is -2.39. The van der Waals surface area contributed by atoms with Crippen LogP contribution in [0.25, 0.3) is 21.7 Å². The van der Waals surface area contributed by atoms with E-state index >= 15 is 0 Å². The number of hydrogen-bond acceptors (Lipinski definition) is 5. The Labute approximate surface area is 222 Å². The van der Waals surface area contributed by atoms with Crippen LogP contribution >= 0.6 is 0 Å². The lowest BCUT2D eigenvalue weighted by Gasteiger charge is -2.32. The van der Waals surface area contributed by atoms with E-state index in [1.807, 2.05) is 71.2 Å². The summed E-state index contributed by atoms with van der Waals surface area (Å²) in [6.45, 7) is 5.17. The maximum atomic E-state index is 13.2. The van der Waals surface area contributed by atoms with Crippen LogP contribution in [0.1, 0.15) is 39.1 Å².